The fourth-order valence-electron chi connectivity index (χ4n) is 2.77. The lowest BCUT2D eigenvalue weighted by Crippen LogP contribution is -2.29. The van der Waals surface area contributed by atoms with Crippen molar-refractivity contribution in [3.05, 3.63) is 29.8 Å². The third-order valence-electron chi connectivity index (χ3n) is 3.90. The van der Waals surface area contributed by atoms with Gasteiger partial charge in [0, 0.05) is 11.6 Å². The zero-order chi connectivity index (χ0) is 13.0. The first-order valence-corrected chi connectivity index (χ1v) is 6.84. The maximum Gasteiger partial charge on any atom is 0.227 e. The predicted octanol–water partition coefficient (Wildman–Crippen LogP) is 2.56. The molecule has 1 fully saturated rings. The molecule has 0 heterocycles. The van der Waals surface area contributed by atoms with E-state index in [-0.39, 0.29) is 11.8 Å². The van der Waals surface area contributed by atoms with Crippen molar-refractivity contribution in [3.8, 4) is 0 Å². The lowest BCUT2D eigenvalue weighted by molar-refractivity contribution is -0.120. The highest BCUT2D eigenvalue weighted by Crippen LogP contribution is 2.31. The molecular formula is C15H22N2O. The molecule has 1 saturated carbocycles. The summed E-state index contributed by atoms with van der Waals surface area (Å²) in [5.41, 5.74) is 7.87. The molecule has 2 atom stereocenters. The van der Waals surface area contributed by atoms with E-state index in [1.165, 1.54) is 5.56 Å². The minimum absolute atomic E-state index is 0.0975. The number of anilines is 1. The van der Waals surface area contributed by atoms with Crippen molar-refractivity contribution in [2.75, 3.05) is 11.9 Å². The van der Waals surface area contributed by atoms with Gasteiger partial charge in [0.25, 0.3) is 0 Å². The molecule has 2 rings (SSSR count). The van der Waals surface area contributed by atoms with Gasteiger partial charge in [0.1, 0.15) is 0 Å². The Morgan fingerprint density at radius 1 is 1.44 bits per heavy atom. The Bertz CT molecular complexity index is 417. The summed E-state index contributed by atoms with van der Waals surface area (Å²) < 4.78 is 0. The van der Waals surface area contributed by atoms with Gasteiger partial charge in [0.05, 0.1) is 0 Å². The molecule has 1 aliphatic rings. The first kappa shape index (κ1) is 13.1. The number of amides is 1. The van der Waals surface area contributed by atoms with Crippen LogP contribution in [0.4, 0.5) is 5.69 Å². The van der Waals surface area contributed by atoms with Gasteiger partial charge >= 0.3 is 0 Å². The average Bonchev–Trinajstić information content (AvgIpc) is 2.87. The fraction of sp³-hybridized carbons (Fsp3) is 0.533. The van der Waals surface area contributed by atoms with Crippen molar-refractivity contribution < 1.29 is 4.79 Å². The lowest BCUT2D eigenvalue weighted by atomic mass is 9.95. The smallest absolute Gasteiger partial charge is 0.227 e. The summed E-state index contributed by atoms with van der Waals surface area (Å²) in [6, 6.07) is 8.06. The fourth-order valence-corrected chi connectivity index (χ4v) is 2.77. The van der Waals surface area contributed by atoms with Gasteiger partial charge in [-0.15, -0.1) is 0 Å². The number of carbonyl (C=O) groups is 1. The third kappa shape index (κ3) is 2.91. The quantitative estimate of drug-likeness (QED) is 0.858. The number of nitrogens with one attached hydrogen (secondary N) is 1. The summed E-state index contributed by atoms with van der Waals surface area (Å²) in [6.07, 6.45) is 4.16. The average molecular weight is 246 g/mol. The summed E-state index contributed by atoms with van der Waals surface area (Å²) in [7, 11) is 0. The second-order valence-electron chi connectivity index (χ2n) is 5.08. The predicted molar refractivity (Wildman–Crippen MR) is 74.3 cm³/mol. The Kier molecular flexibility index (Phi) is 4.37. The molecule has 2 unspecified atom stereocenters. The summed E-state index contributed by atoms with van der Waals surface area (Å²) in [5, 5.41) is 3.03. The van der Waals surface area contributed by atoms with E-state index in [4.69, 9.17) is 5.73 Å². The first-order valence-electron chi connectivity index (χ1n) is 6.84. The Labute approximate surface area is 109 Å². The number of rotatable bonds is 4. The van der Waals surface area contributed by atoms with Crippen LogP contribution in [0.1, 0.15) is 31.7 Å². The molecule has 1 aliphatic carbocycles. The van der Waals surface area contributed by atoms with E-state index in [0.29, 0.717) is 12.5 Å². The van der Waals surface area contributed by atoms with Gasteiger partial charge in [0.15, 0.2) is 0 Å². The molecular weight excluding hydrogens is 224 g/mol. The van der Waals surface area contributed by atoms with Crippen LogP contribution in [-0.2, 0) is 11.2 Å². The highest BCUT2D eigenvalue weighted by atomic mass is 16.1. The van der Waals surface area contributed by atoms with E-state index in [1.54, 1.807) is 0 Å². The van der Waals surface area contributed by atoms with Crippen LogP contribution in [0.5, 0.6) is 0 Å². The molecule has 3 N–H and O–H groups in total. The van der Waals surface area contributed by atoms with Crippen LogP contribution < -0.4 is 11.1 Å². The van der Waals surface area contributed by atoms with E-state index in [1.807, 2.05) is 18.2 Å². The van der Waals surface area contributed by atoms with Crippen molar-refractivity contribution >= 4 is 11.6 Å². The van der Waals surface area contributed by atoms with Gasteiger partial charge in [-0.3, -0.25) is 4.79 Å². The van der Waals surface area contributed by atoms with E-state index in [0.717, 1.165) is 31.4 Å². The minimum Gasteiger partial charge on any atom is -0.330 e. The van der Waals surface area contributed by atoms with Gasteiger partial charge in [-0.2, -0.15) is 0 Å². The van der Waals surface area contributed by atoms with Crippen LogP contribution >= 0.6 is 0 Å². The molecule has 1 aromatic rings. The van der Waals surface area contributed by atoms with Crippen molar-refractivity contribution in [1.82, 2.24) is 0 Å². The van der Waals surface area contributed by atoms with E-state index < -0.39 is 0 Å². The zero-order valence-electron chi connectivity index (χ0n) is 11.0. The van der Waals surface area contributed by atoms with Crippen molar-refractivity contribution in [2.24, 2.45) is 17.6 Å². The number of hydrogen-bond acceptors (Lipinski definition) is 2. The molecule has 0 aliphatic heterocycles. The summed E-state index contributed by atoms with van der Waals surface area (Å²) in [4.78, 5) is 12.2. The van der Waals surface area contributed by atoms with Crippen LogP contribution in [0.15, 0.2) is 24.3 Å². The van der Waals surface area contributed by atoms with Gasteiger partial charge < -0.3 is 11.1 Å². The van der Waals surface area contributed by atoms with Crippen LogP contribution in [0.3, 0.4) is 0 Å². The zero-order valence-corrected chi connectivity index (χ0v) is 11.0. The maximum absolute atomic E-state index is 12.2. The van der Waals surface area contributed by atoms with Gasteiger partial charge in [-0.05, 0) is 49.4 Å². The monoisotopic (exact) mass is 246 g/mol. The van der Waals surface area contributed by atoms with Gasteiger partial charge in [-0.25, -0.2) is 0 Å². The molecule has 1 amide bonds. The SMILES string of the molecule is CCc1cccc(NC(=O)C2CCCC2CN)c1. The number of nitrogens with two attached hydrogens (primary N) is 1. The minimum atomic E-state index is 0.0975. The molecule has 1 aromatic carbocycles. The van der Waals surface area contributed by atoms with Crippen LogP contribution in [-0.4, -0.2) is 12.5 Å². The number of hydrogen-bond donors (Lipinski definition) is 2. The second kappa shape index (κ2) is 6.01. The van der Waals surface area contributed by atoms with Gasteiger partial charge in [0.2, 0.25) is 5.91 Å². The normalized spacial score (nSPS) is 23.0. The molecule has 18 heavy (non-hydrogen) atoms. The first-order chi connectivity index (χ1) is 8.74. The van der Waals surface area contributed by atoms with Crippen LogP contribution in [0.25, 0.3) is 0 Å². The van der Waals surface area contributed by atoms with Crippen LogP contribution in [0.2, 0.25) is 0 Å². The van der Waals surface area contributed by atoms with E-state index in [2.05, 4.69) is 18.3 Å². The molecule has 0 bridgehead atoms. The third-order valence-corrected chi connectivity index (χ3v) is 3.90. The standard InChI is InChI=1S/C15H22N2O/c1-2-11-5-3-7-13(9-11)17-15(18)14-8-4-6-12(14)10-16/h3,5,7,9,12,14H,2,4,6,8,10,16H2,1H3,(H,17,18). The maximum atomic E-state index is 12.2. The van der Waals surface area contributed by atoms with E-state index >= 15 is 0 Å². The van der Waals surface area contributed by atoms with Gasteiger partial charge in [-0.1, -0.05) is 25.5 Å². The highest BCUT2D eigenvalue weighted by Gasteiger charge is 2.31. The van der Waals surface area contributed by atoms with Crippen molar-refractivity contribution in [1.29, 1.82) is 0 Å². The lowest BCUT2D eigenvalue weighted by Gasteiger charge is -2.17. The Morgan fingerprint density at radius 3 is 3.00 bits per heavy atom. The summed E-state index contributed by atoms with van der Waals surface area (Å²) >= 11 is 0. The molecule has 0 saturated heterocycles. The highest BCUT2D eigenvalue weighted by molar-refractivity contribution is 5.93. The molecule has 3 heteroatoms. The molecule has 0 spiro atoms. The molecule has 0 aromatic heterocycles. The number of benzene rings is 1. The second-order valence-corrected chi connectivity index (χ2v) is 5.08. The Balaban J connectivity index is 2.02. The van der Waals surface area contributed by atoms with E-state index in [9.17, 15) is 4.79 Å². The largest absolute Gasteiger partial charge is 0.330 e. The summed E-state index contributed by atoms with van der Waals surface area (Å²) in [5.74, 6) is 0.593. The van der Waals surface area contributed by atoms with Crippen molar-refractivity contribution in [2.45, 2.75) is 32.6 Å². The summed E-state index contributed by atoms with van der Waals surface area (Å²) in [6.45, 7) is 2.73. The Morgan fingerprint density at radius 2 is 2.28 bits per heavy atom. The number of aryl methyl sites for hydroxylation is 1. The van der Waals surface area contributed by atoms with Crippen molar-refractivity contribution in [3.63, 3.8) is 0 Å². The molecule has 0 radical (unpaired) electrons. The molecule has 3 nitrogen and oxygen atoms in total. The molecule has 98 valence electrons. The number of carbonyl (C=O) groups excluding carboxylic acids is 1. The topological polar surface area (TPSA) is 55.1 Å². The van der Waals surface area contributed by atoms with Crippen LogP contribution in [0, 0.1) is 11.8 Å². The Hall–Kier alpha value is -1.35.